The number of carbonyl (C=O) groups is 1. The molecular weight excluding hydrogens is 272 g/mol. The van der Waals surface area contributed by atoms with Crippen LogP contribution in [0.15, 0.2) is 22.7 Å². The summed E-state index contributed by atoms with van der Waals surface area (Å²) < 4.78 is 5.69. The molecule has 3 N–H and O–H groups in total. The molecule has 1 amide bonds. The van der Waals surface area contributed by atoms with Gasteiger partial charge in [0.05, 0.1) is 12.3 Å². The Hall–Kier alpha value is -0.910. The van der Waals surface area contributed by atoms with Gasteiger partial charge in [0.1, 0.15) is 6.04 Å². The van der Waals surface area contributed by atoms with Crippen molar-refractivity contribution in [3.8, 4) is 0 Å². The highest BCUT2D eigenvalue weighted by Crippen LogP contribution is 2.25. The molecule has 16 heavy (non-hydrogen) atoms. The Morgan fingerprint density at radius 3 is 2.94 bits per heavy atom. The van der Waals surface area contributed by atoms with Crippen LogP contribution in [0, 0.1) is 6.92 Å². The minimum Gasteiger partial charge on any atom is -0.383 e. The molecule has 1 rings (SSSR count). The first-order valence-electron chi connectivity index (χ1n) is 4.86. The van der Waals surface area contributed by atoms with Crippen LogP contribution in [0.2, 0.25) is 0 Å². The number of amides is 1. The second-order valence-electron chi connectivity index (χ2n) is 3.49. The number of hydrogen-bond donors (Lipinski definition) is 2. The highest BCUT2D eigenvalue weighted by Gasteiger charge is 2.14. The third-order valence-electron chi connectivity index (χ3n) is 2.13. The van der Waals surface area contributed by atoms with E-state index in [-0.39, 0.29) is 12.5 Å². The Labute approximate surface area is 103 Å². The number of benzene rings is 1. The second-order valence-corrected chi connectivity index (χ2v) is 4.28. The molecule has 0 aliphatic rings. The number of rotatable bonds is 4. The minimum absolute atomic E-state index is 0.204. The van der Waals surface area contributed by atoms with Crippen molar-refractivity contribution in [2.24, 2.45) is 5.73 Å². The predicted molar refractivity (Wildman–Crippen MR) is 67.4 cm³/mol. The largest absolute Gasteiger partial charge is 0.383 e. The average Bonchev–Trinajstić information content (AvgIpc) is 2.25. The molecule has 4 nitrogen and oxygen atoms in total. The molecule has 5 heteroatoms. The standard InChI is InChI=1S/C11H15BrN2O2/c1-7-4-3-5-9(10(7)12)14-11(15)8(13)6-16-2/h3-5,8H,6,13H2,1-2H3,(H,14,15). The number of methoxy groups -OCH3 is 1. The molecule has 0 aromatic heterocycles. The van der Waals surface area contributed by atoms with Gasteiger partial charge >= 0.3 is 0 Å². The molecule has 0 aliphatic heterocycles. The van der Waals surface area contributed by atoms with Crippen LogP contribution in [0.5, 0.6) is 0 Å². The minimum atomic E-state index is -0.655. The zero-order valence-corrected chi connectivity index (χ0v) is 10.9. The van der Waals surface area contributed by atoms with Gasteiger partial charge in [0.15, 0.2) is 0 Å². The summed E-state index contributed by atoms with van der Waals surface area (Å²) in [7, 11) is 1.51. The van der Waals surface area contributed by atoms with E-state index in [4.69, 9.17) is 10.5 Å². The van der Waals surface area contributed by atoms with Crippen LogP contribution in [0.3, 0.4) is 0 Å². The topological polar surface area (TPSA) is 64.3 Å². The van der Waals surface area contributed by atoms with Crippen molar-refractivity contribution in [3.05, 3.63) is 28.2 Å². The van der Waals surface area contributed by atoms with Gasteiger partial charge in [0.25, 0.3) is 0 Å². The maximum Gasteiger partial charge on any atom is 0.243 e. The predicted octanol–water partition coefficient (Wildman–Crippen LogP) is 1.67. The molecule has 88 valence electrons. The van der Waals surface area contributed by atoms with Gasteiger partial charge in [0.2, 0.25) is 5.91 Å². The van der Waals surface area contributed by atoms with Crippen molar-refractivity contribution in [3.63, 3.8) is 0 Å². The molecule has 1 atom stereocenters. The Kier molecular flexibility index (Phi) is 4.92. The van der Waals surface area contributed by atoms with Crippen LogP contribution in [-0.2, 0) is 9.53 Å². The van der Waals surface area contributed by atoms with Gasteiger partial charge in [-0.25, -0.2) is 0 Å². The van der Waals surface area contributed by atoms with E-state index in [1.807, 2.05) is 25.1 Å². The van der Waals surface area contributed by atoms with Gasteiger partial charge < -0.3 is 15.8 Å². The zero-order valence-electron chi connectivity index (χ0n) is 9.29. The van der Waals surface area contributed by atoms with Gasteiger partial charge in [-0.2, -0.15) is 0 Å². The van der Waals surface area contributed by atoms with E-state index in [1.165, 1.54) is 7.11 Å². The molecule has 0 spiro atoms. The van der Waals surface area contributed by atoms with Crippen LogP contribution in [0.25, 0.3) is 0 Å². The number of nitrogens with one attached hydrogen (secondary N) is 1. The molecule has 0 bridgehead atoms. The molecule has 0 aliphatic carbocycles. The van der Waals surface area contributed by atoms with Gasteiger partial charge in [-0.05, 0) is 34.5 Å². The Bertz CT molecular complexity index is 382. The lowest BCUT2D eigenvalue weighted by molar-refractivity contribution is -0.118. The van der Waals surface area contributed by atoms with Gasteiger partial charge in [-0.3, -0.25) is 4.79 Å². The van der Waals surface area contributed by atoms with Crippen LogP contribution >= 0.6 is 15.9 Å². The summed E-state index contributed by atoms with van der Waals surface area (Å²) in [6.45, 7) is 2.16. The van der Waals surface area contributed by atoms with E-state index in [0.29, 0.717) is 0 Å². The number of nitrogens with two attached hydrogens (primary N) is 1. The lowest BCUT2D eigenvalue weighted by Crippen LogP contribution is -2.39. The highest BCUT2D eigenvalue weighted by atomic mass is 79.9. The van der Waals surface area contributed by atoms with Crippen LogP contribution in [0.4, 0.5) is 5.69 Å². The third-order valence-corrected chi connectivity index (χ3v) is 3.19. The van der Waals surface area contributed by atoms with Crippen molar-refractivity contribution >= 4 is 27.5 Å². The number of anilines is 1. The van der Waals surface area contributed by atoms with E-state index in [0.717, 1.165) is 15.7 Å². The Morgan fingerprint density at radius 1 is 1.62 bits per heavy atom. The summed E-state index contributed by atoms with van der Waals surface area (Å²) in [5.41, 5.74) is 7.38. The van der Waals surface area contributed by atoms with Crippen molar-refractivity contribution in [2.45, 2.75) is 13.0 Å². The lowest BCUT2D eigenvalue weighted by atomic mass is 10.2. The SMILES string of the molecule is COCC(N)C(=O)Nc1cccc(C)c1Br. The fourth-order valence-corrected chi connectivity index (χ4v) is 1.59. The van der Waals surface area contributed by atoms with E-state index >= 15 is 0 Å². The van der Waals surface area contributed by atoms with Gasteiger partial charge in [-0.1, -0.05) is 12.1 Å². The maximum absolute atomic E-state index is 11.6. The Balaban J connectivity index is 2.73. The highest BCUT2D eigenvalue weighted by molar-refractivity contribution is 9.10. The van der Waals surface area contributed by atoms with Crippen molar-refractivity contribution in [1.29, 1.82) is 0 Å². The molecule has 1 aromatic rings. The van der Waals surface area contributed by atoms with Gasteiger partial charge in [0, 0.05) is 11.6 Å². The second kappa shape index (κ2) is 5.98. The summed E-state index contributed by atoms with van der Waals surface area (Å²) >= 11 is 3.41. The monoisotopic (exact) mass is 286 g/mol. The summed E-state index contributed by atoms with van der Waals surface area (Å²) in [6, 6.07) is 4.98. The Morgan fingerprint density at radius 2 is 2.31 bits per heavy atom. The number of carbonyl (C=O) groups excluding carboxylic acids is 1. The van der Waals surface area contributed by atoms with E-state index in [9.17, 15) is 4.79 Å². The summed E-state index contributed by atoms with van der Waals surface area (Å²) in [5, 5.41) is 2.74. The first-order valence-corrected chi connectivity index (χ1v) is 5.66. The van der Waals surface area contributed by atoms with E-state index in [1.54, 1.807) is 0 Å². The number of halogens is 1. The molecular formula is C11H15BrN2O2. The molecule has 1 unspecified atom stereocenters. The zero-order chi connectivity index (χ0) is 12.1. The van der Waals surface area contributed by atoms with Crippen molar-refractivity contribution in [1.82, 2.24) is 0 Å². The fourth-order valence-electron chi connectivity index (χ4n) is 1.22. The van der Waals surface area contributed by atoms with Gasteiger partial charge in [-0.15, -0.1) is 0 Å². The summed E-state index contributed by atoms with van der Waals surface area (Å²) in [4.78, 5) is 11.6. The smallest absolute Gasteiger partial charge is 0.243 e. The van der Waals surface area contributed by atoms with E-state index < -0.39 is 6.04 Å². The van der Waals surface area contributed by atoms with Crippen LogP contribution < -0.4 is 11.1 Å². The summed E-state index contributed by atoms with van der Waals surface area (Å²) in [6.07, 6.45) is 0. The molecule has 0 saturated carbocycles. The first kappa shape index (κ1) is 13.2. The fraction of sp³-hybridized carbons (Fsp3) is 0.364. The number of aryl methyl sites for hydroxylation is 1. The first-order chi connectivity index (χ1) is 7.56. The van der Waals surface area contributed by atoms with E-state index in [2.05, 4.69) is 21.2 Å². The lowest BCUT2D eigenvalue weighted by Gasteiger charge is -2.13. The van der Waals surface area contributed by atoms with Crippen LogP contribution in [-0.4, -0.2) is 25.7 Å². The number of ether oxygens (including phenoxy) is 1. The molecule has 0 saturated heterocycles. The average molecular weight is 287 g/mol. The summed E-state index contributed by atoms with van der Waals surface area (Å²) in [5.74, 6) is -0.256. The molecule has 0 radical (unpaired) electrons. The van der Waals surface area contributed by atoms with Crippen molar-refractivity contribution in [2.75, 3.05) is 19.0 Å². The normalized spacial score (nSPS) is 12.2. The maximum atomic E-state index is 11.6. The molecule has 1 aromatic carbocycles. The van der Waals surface area contributed by atoms with Crippen LogP contribution in [0.1, 0.15) is 5.56 Å². The quantitative estimate of drug-likeness (QED) is 0.885. The number of hydrogen-bond acceptors (Lipinski definition) is 3. The van der Waals surface area contributed by atoms with Crippen molar-refractivity contribution < 1.29 is 9.53 Å². The molecule has 0 fully saturated rings. The third kappa shape index (κ3) is 3.30. The molecule has 0 heterocycles.